The Morgan fingerprint density at radius 2 is 2.24 bits per heavy atom. The van der Waals surface area contributed by atoms with Gasteiger partial charge in [-0.05, 0) is 6.92 Å². The molecule has 1 unspecified atom stereocenters. The number of nitrogens with one attached hydrogen (secondary N) is 1. The molecule has 0 radical (unpaired) electrons. The third kappa shape index (κ3) is 2.70. The molecule has 0 saturated carbocycles. The second kappa shape index (κ2) is 5.49. The van der Waals surface area contributed by atoms with Crippen molar-refractivity contribution in [3.63, 3.8) is 0 Å². The highest BCUT2D eigenvalue weighted by Gasteiger charge is 2.19. The Hall–Kier alpha value is -2.48. The normalized spacial score (nSPS) is 12.4. The second-order valence-corrected chi connectivity index (χ2v) is 5.69. The maximum Gasteiger partial charge on any atom is 0.263 e. The quantitative estimate of drug-likeness (QED) is 0.756. The number of thiophene rings is 1. The summed E-state index contributed by atoms with van der Waals surface area (Å²) in [5, 5.41) is 2.92. The zero-order valence-electron chi connectivity index (χ0n) is 11.4. The van der Waals surface area contributed by atoms with Crippen LogP contribution in [-0.2, 0) is 6.54 Å². The summed E-state index contributed by atoms with van der Waals surface area (Å²) in [6, 6.07) is -0.0442. The van der Waals surface area contributed by atoms with Crippen LogP contribution in [-0.4, -0.2) is 31.5 Å². The smallest absolute Gasteiger partial charge is 0.263 e. The van der Waals surface area contributed by atoms with E-state index in [1.54, 1.807) is 24.9 Å². The molecule has 0 aromatic carbocycles. The molecule has 108 valence electrons. The van der Waals surface area contributed by atoms with Gasteiger partial charge in [0.2, 0.25) is 0 Å². The van der Waals surface area contributed by atoms with Crippen molar-refractivity contribution >= 4 is 33.3 Å². The highest BCUT2D eigenvalue weighted by molar-refractivity contribution is 7.21. The van der Waals surface area contributed by atoms with Gasteiger partial charge >= 0.3 is 0 Å². The number of hydrogen-bond donors (Lipinski definition) is 2. The van der Waals surface area contributed by atoms with Gasteiger partial charge in [0.05, 0.1) is 12.0 Å². The van der Waals surface area contributed by atoms with Gasteiger partial charge in [-0.25, -0.2) is 15.0 Å². The molecule has 0 saturated heterocycles. The summed E-state index contributed by atoms with van der Waals surface area (Å²) in [6.45, 7) is 2.57. The van der Waals surface area contributed by atoms with Crippen LogP contribution in [0.25, 0.3) is 10.3 Å². The first-order valence-corrected chi connectivity index (χ1v) is 7.22. The minimum atomic E-state index is -0.204. The van der Waals surface area contributed by atoms with E-state index in [1.807, 2.05) is 17.7 Å². The van der Waals surface area contributed by atoms with Gasteiger partial charge in [-0.2, -0.15) is 0 Å². The molecule has 0 spiro atoms. The van der Waals surface area contributed by atoms with Crippen LogP contribution < -0.4 is 11.1 Å². The van der Waals surface area contributed by atoms with E-state index in [0.717, 1.165) is 0 Å². The van der Waals surface area contributed by atoms with Gasteiger partial charge in [0.25, 0.3) is 5.91 Å². The van der Waals surface area contributed by atoms with Crippen molar-refractivity contribution in [2.24, 2.45) is 0 Å². The van der Waals surface area contributed by atoms with E-state index in [9.17, 15) is 4.79 Å². The van der Waals surface area contributed by atoms with Gasteiger partial charge in [0.1, 0.15) is 15.2 Å². The number of fused-ring (bicyclic) bond motifs is 1. The predicted octanol–water partition coefficient (Wildman–Crippen LogP) is 1.29. The van der Waals surface area contributed by atoms with Crippen molar-refractivity contribution in [3.05, 3.63) is 36.0 Å². The third-order valence-corrected chi connectivity index (χ3v) is 4.09. The molecule has 21 heavy (non-hydrogen) atoms. The van der Waals surface area contributed by atoms with Gasteiger partial charge in [-0.1, -0.05) is 0 Å². The van der Waals surface area contributed by atoms with Gasteiger partial charge in [0.15, 0.2) is 0 Å². The minimum Gasteiger partial charge on any atom is -0.396 e. The second-order valence-electron chi connectivity index (χ2n) is 4.69. The van der Waals surface area contributed by atoms with Crippen LogP contribution in [0.15, 0.2) is 31.1 Å². The standard InChI is InChI=1S/C13H14N6OS/c1-8(6-19-5-4-15-7-19)18-12(20)11-9(14)10-13(21-11)17-3-2-16-10/h2-5,7-8H,6,14H2,1H3,(H,18,20). The SMILES string of the molecule is CC(Cn1ccnc1)NC(=O)c1sc2nccnc2c1N. The molecule has 3 heterocycles. The van der Waals surface area contributed by atoms with Gasteiger partial charge in [0, 0.05) is 37.4 Å². The topological polar surface area (TPSA) is 98.7 Å². The van der Waals surface area contributed by atoms with Crippen LogP contribution in [0.5, 0.6) is 0 Å². The number of carbonyl (C=O) groups excluding carboxylic acids is 1. The monoisotopic (exact) mass is 302 g/mol. The minimum absolute atomic E-state index is 0.0442. The molecule has 0 fully saturated rings. The molecule has 0 aliphatic carbocycles. The fraction of sp³-hybridized carbons (Fsp3) is 0.231. The maximum atomic E-state index is 12.3. The van der Waals surface area contributed by atoms with Crippen LogP contribution in [0.1, 0.15) is 16.6 Å². The van der Waals surface area contributed by atoms with Crippen LogP contribution in [0.4, 0.5) is 5.69 Å². The summed E-state index contributed by atoms with van der Waals surface area (Å²) in [4.78, 5) is 25.7. The van der Waals surface area contributed by atoms with Gasteiger partial charge in [-0.3, -0.25) is 4.79 Å². The summed E-state index contributed by atoms with van der Waals surface area (Å²) in [5.41, 5.74) is 6.95. The Kier molecular flexibility index (Phi) is 3.53. The van der Waals surface area contributed by atoms with Crippen LogP contribution >= 0.6 is 11.3 Å². The van der Waals surface area contributed by atoms with Crippen molar-refractivity contribution in [1.82, 2.24) is 24.8 Å². The fourth-order valence-electron chi connectivity index (χ4n) is 2.06. The summed E-state index contributed by atoms with van der Waals surface area (Å²) in [7, 11) is 0. The molecule has 3 aromatic rings. The molecule has 7 nitrogen and oxygen atoms in total. The van der Waals surface area contributed by atoms with Crippen molar-refractivity contribution in [1.29, 1.82) is 0 Å². The number of nitrogen functional groups attached to an aromatic ring is 1. The lowest BCUT2D eigenvalue weighted by Crippen LogP contribution is -2.35. The van der Waals surface area contributed by atoms with E-state index in [-0.39, 0.29) is 11.9 Å². The average molecular weight is 302 g/mol. The van der Waals surface area contributed by atoms with E-state index in [4.69, 9.17) is 5.73 Å². The van der Waals surface area contributed by atoms with Crippen molar-refractivity contribution in [3.8, 4) is 0 Å². The first-order valence-electron chi connectivity index (χ1n) is 6.40. The first kappa shape index (κ1) is 13.5. The van der Waals surface area contributed by atoms with Crippen molar-refractivity contribution < 1.29 is 4.79 Å². The average Bonchev–Trinajstić information content (AvgIpc) is 3.07. The van der Waals surface area contributed by atoms with Crippen LogP contribution in [0.2, 0.25) is 0 Å². The summed E-state index contributed by atoms with van der Waals surface area (Å²) in [5.74, 6) is -0.204. The van der Waals surface area contributed by atoms with Crippen molar-refractivity contribution in [2.45, 2.75) is 19.5 Å². The van der Waals surface area contributed by atoms with Gasteiger partial charge in [-0.15, -0.1) is 11.3 Å². The molecule has 1 amide bonds. The number of nitrogens with zero attached hydrogens (tertiary/aromatic N) is 4. The summed E-state index contributed by atoms with van der Waals surface area (Å²) in [6.07, 6.45) is 8.42. The number of aromatic nitrogens is 4. The number of rotatable bonds is 4. The summed E-state index contributed by atoms with van der Waals surface area (Å²) >= 11 is 1.25. The molecule has 3 rings (SSSR count). The lowest BCUT2D eigenvalue weighted by Gasteiger charge is -2.13. The number of nitrogens with two attached hydrogens (primary N) is 1. The Morgan fingerprint density at radius 1 is 1.43 bits per heavy atom. The van der Waals surface area contributed by atoms with Crippen LogP contribution in [0, 0.1) is 0 Å². The number of amides is 1. The highest BCUT2D eigenvalue weighted by atomic mass is 32.1. The zero-order chi connectivity index (χ0) is 14.8. The van der Waals surface area contributed by atoms with E-state index in [1.165, 1.54) is 11.3 Å². The largest absolute Gasteiger partial charge is 0.396 e. The van der Waals surface area contributed by atoms with E-state index >= 15 is 0 Å². The molecular weight excluding hydrogens is 288 g/mol. The lowest BCUT2D eigenvalue weighted by atomic mass is 10.3. The lowest BCUT2D eigenvalue weighted by molar-refractivity contribution is 0.0941. The molecule has 0 aliphatic heterocycles. The van der Waals surface area contributed by atoms with E-state index in [2.05, 4.69) is 20.3 Å². The Bertz CT molecular complexity index is 766. The Morgan fingerprint density at radius 3 is 2.95 bits per heavy atom. The van der Waals surface area contributed by atoms with E-state index in [0.29, 0.717) is 27.5 Å². The highest BCUT2D eigenvalue weighted by Crippen LogP contribution is 2.30. The summed E-state index contributed by atoms with van der Waals surface area (Å²) < 4.78 is 1.91. The first-order chi connectivity index (χ1) is 10.1. The van der Waals surface area contributed by atoms with Gasteiger partial charge < -0.3 is 15.6 Å². The number of anilines is 1. The molecule has 8 heteroatoms. The molecule has 1 atom stereocenters. The molecule has 3 N–H and O–H groups in total. The Labute approximate surface area is 124 Å². The Balaban J connectivity index is 1.76. The molecule has 0 bridgehead atoms. The number of hydrogen-bond acceptors (Lipinski definition) is 6. The predicted molar refractivity (Wildman–Crippen MR) is 81.0 cm³/mol. The molecule has 3 aromatic heterocycles. The third-order valence-electron chi connectivity index (χ3n) is 2.99. The molecule has 0 aliphatic rings. The number of imidazole rings is 1. The fourth-order valence-corrected chi connectivity index (χ4v) is 2.98. The maximum absolute atomic E-state index is 12.3. The van der Waals surface area contributed by atoms with Crippen LogP contribution in [0.3, 0.4) is 0 Å². The number of carbonyl (C=O) groups is 1. The molecular formula is C13H14N6OS. The van der Waals surface area contributed by atoms with Crippen molar-refractivity contribution in [2.75, 3.05) is 5.73 Å². The zero-order valence-corrected chi connectivity index (χ0v) is 12.2. The van der Waals surface area contributed by atoms with E-state index < -0.39 is 0 Å².